The third-order valence-electron chi connectivity index (χ3n) is 3.59. The zero-order valence-electron chi connectivity index (χ0n) is 9.41. The highest BCUT2D eigenvalue weighted by atomic mass is 32.2. The van der Waals surface area contributed by atoms with E-state index in [9.17, 15) is 8.42 Å². The molecule has 1 saturated heterocycles. The van der Waals surface area contributed by atoms with Gasteiger partial charge >= 0.3 is 0 Å². The van der Waals surface area contributed by atoms with Crippen LogP contribution in [0.5, 0.6) is 0 Å². The van der Waals surface area contributed by atoms with E-state index >= 15 is 0 Å². The molecule has 2 aliphatic rings. The van der Waals surface area contributed by atoms with Crippen molar-refractivity contribution in [3.8, 4) is 0 Å². The molecule has 1 aliphatic heterocycles. The first-order valence-corrected chi connectivity index (χ1v) is 7.86. The summed E-state index contributed by atoms with van der Waals surface area (Å²) in [6, 6.07) is 0.444. The third kappa shape index (κ3) is 3.18. The van der Waals surface area contributed by atoms with Crippen molar-refractivity contribution in [2.45, 2.75) is 38.6 Å². The molecule has 0 aromatic heterocycles. The summed E-state index contributed by atoms with van der Waals surface area (Å²) in [5.41, 5.74) is 0. The first-order valence-electron chi connectivity index (χ1n) is 6.04. The van der Waals surface area contributed by atoms with E-state index in [-0.39, 0.29) is 0 Å². The normalized spacial score (nSPS) is 31.7. The van der Waals surface area contributed by atoms with E-state index in [2.05, 4.69) is 12.2 Å². The highest BCUT2D eigenvalue weighted by Crippen LogP contribution is 2.36. The molecule has 4 heteroatoms. The molecule has 2 rings (SSSR count). The van der Waals surface area contributed by atoms with Crippen LogP contribution >= 0.6 is 0 Å². The Morgan fingerprint density at radius 1 is 1.33 bits per heavy atom. The first kappa shape index (κ1) is 11.4. The number of nitrogens with one attached hydrogen (secondary N) is 1. The fourth-order valence-corrected chi connectivity index (χ4v) is 4.44. The van der Waals surface area contributed by atoms with Crippen LogP contribution in [0.15, 0.2) is 0 Å². The molecule has 3 nitrogen and oxygen atoms in total. The predicted octanol–water partition coefficient (Wildman–Crippen LogP) is 1.20. The average molecular weight is 231 g/mol. The summed E-state index contributed by atoms with van der Waals surface area (Å²) in [4.78, 5) is 0. The Balaban J connectivity index is 1.91. The fourth-order valence-electron chi connectivity index (χ4n) is 2.56. The summed E-state index contributed by atoms with van der Waals surface area (Å²) in [7, 11) is -2.71. The minimum atomic E-state index is -2.71. The highest BCUT2D eigenvalue weighted by molar-refractivity contribution is 7.91. The van der Waals surface area contributed by atoms with Gasteiger partial charge in [-0.25, -0.2) is 8.42 Å². The van der Waals surface area contributed by atoms with Crippen molar-refractivity contribution in [1.29, 1.82) is 0 Å². The van der Waals surface area contributed by atoms with Crippen LogP contribution in [-0.2, 0) is 9.84 Å². The Morgan fingerprint density at radius 2 is 2.07 bits per heavy atom. The topological polar surface area (TPSA) is 46.2 Å². The van der Waals surface area contributed by atoms with Crippen LogP contribution in [0.25, 0.3) is 0 Å². The van der Waals surface area contributed by atoms with Gasteiger partial charge < -0.3 is 5.32 Å². The van der Waals surface area contributed by atoms with Crippen LogP contribution in [0.1, 0.15) is 32.6 Å². The van der Waals surface area contributed by atoms with Gasteiger partial charge in [0.15, 0.2) is 9.84 Å². The van der Waals surface area contributed by atoms with Crippen molar-refractivity contribution in [2.24, 2.45) is 11.8 Å². The van der Waals surface area contributed by atoms with E-state index in [1.165, 1.54) is 19.3 Å². The Kier molecular flexibility index (Phi) is 3.36. The number of hydrogen-bond donors (Lipinski definition) is 1. The molecule has 15 heavy (non-hydrogen) atoms. The largest absolute Gasteiger partial charge is 0.314 e. The minimum Gasteiger partial charge on any atom is -0.314 e. The number of sulfone groups is 1. The van der Waals surface area contributed by atoms with Crippen molar-refractivity contribution in [3.63, 3.8) is 0 Å². The second-order valence-electron chi connectivity index (χ2n) is 5.01. The molecular formula is C11H21NO2S. The van der Waals surface area contributed by atoms with Crippen LogP contribution in [0.3, 0.4) is 0 Å². The smallest absolute Gasteiger partial charge is 0.150 e. The second kappa shape index (κ2) is 4.42. The van der Waals surface area contributed by atoms with Crippen LogP contribution in [0.4, 0.5) is 0 Å². The summed E-state index contributed by atoms with van der Waals surface area (Å²) < 4.78 is 22.8. The quantitative estimate of drug-likeness (QED) is 0.773. The van der Waals surface area contributed by atoms with E-state index in [4.69, 9.17) is 0 Å². The maximum absolute atomic E-state index is 11.4. The van der Waals surface area contributed by atoms with E-state index in [1.807, 2.05) is 0 Å². The van der Waals surface area contributed by atoms with Crippen LogP contribution < -0.4 is 5.32 Å². The molecule has 2 atom stereocenters. The van der Waals surface area contributed by atoms with Crippen molar-refractivity contribution in [3.05, 3.63) is 0 Å². The highest BCUT2D eigenvalue weighted by Gasteiger charge is 2.36. The monoisotopic (exact) mass is 231 g/mol. The van der Waals surface area contributed by atoms with Crippen molar-refractivity contribution in [1.82, 2.24) is 5.32 Å². The third-order valence-corrected chi connectivity index (χ3v) is 5.38. The number of hydrogen-bond acceptors (Lipinski definition) is 3. The lowest BCUT2D eigenvalue weighted by atomic mass is 9.94. The molecule has 0 radical (unpaired) electrons. The predicted molar refractivity (Wildman–Crippen MR) is 61.6 cm³/mol. The molecule has 0 aromatic rings. The molecule has 88 valence electrons. The van der Waals surface area contributed by atoms with Crippen LogP contribution in [-0.4, -0.2) is 32.5 Å². The lowest BCUT2D eigenvalue weighted by Crippen LogP contribution is -2.37. The van der Waals surface area contributed by atoms with E-state index in [1.54, 1.807) is 0 Å². The molecule has 0 aromatic carbocycles. The molecule has 2 fully saturated rings. The zero-order chi connectivity index (χ0) is 10.9. The van der Waals surface area contributed by atoms with E-state index in [0.29, 0.717) is 23.5 Å². The van der Waals surface area contributed by atoms with Gasteiger partial charge in [0.25, 0.3) is 0 Å². The molecule has 0 amide bonds. The molecule has 1 N–H and O–H groups in total. The molecule has 0 bridgehead atoms. The maximum Gasteiger partial charge on any atom is 0.150 e. The van der Waals surface area contributed by atoms with Gasteiger partial charge in [-0.2, -0.15) is 0 Å². The van der Waals surface area contributed by atoms with Crippen molar-refractivity contribution < 1.29 is 8.42 Å². The van der Waals surface area contributed by atoms with Gasteiger partial charge in [0.05, 0.1) is 11.5 Å². The molecular weight excluding hydrogens is 210 g/mol. The molecule has 1 saturated carbocycles. The Hall–Kier alpha value is -0.0900. The average Bonchev–Trinajstić information content (AvgIpc) is 2.89. The summed E-state index contributed by atoms with van der Waals surface area (Å²) in [6.45, 7) is 3.05. The van der Waals surface area contributed by atoms with Gasteiger partial charge in [-0.15, -0.1) is 0 Å². The zero-order valence-corrected chi connectivity index (χ0v) is 10.2. The standard InChI is InChI=1S/C11H21NO2S/c1-2-12-11(7-9-3-4-9)10-5-6-15(13,14)8-10/h9-12H,2-8H2,1H3. The Labute approximate surface area is 92.6 Å². The SMILES string of the molecule is CCNC(CC1CC1)C1CCS(=O)(=O)C1. The van der Waals surface area contributed by atoms with Gasteiger partial charge in [0, 0.05) is 6.04 Å². The summed E-state index contributed by atoms with van der Waals surface area (Å²) in [5.74, 6) is 2.06. The summed E-state index contributed by atoms with van der Waals surface area (Å²) >= 11 is 0. The second-order valence-corrected chi connectivity index (χ2v) is 7.24. The Morgan fingerprint density at radius 3 is 2.53 bits per heavy atom. The van der Waals surface area contributed by atoms with Crippen molar-refractivity contribution in [2.75, 3.05) is 18.1 Å². The summed E-state index contributed by atoms with van der Waals surface area (Å²) in [6.07, 6.45) is 4.75. The maximum atomic E-state index is 11.4. The van der Waals surface area contributed by atoms with Crippen LogP contribution in [0, 0.1) is 11.8 Å². The van der Waals surface area contributed by atoms with Gasteiger partial charge in [-0.05, 0) is 31.2 Å². The lowest BCUT2D eigenvalue weighted by molar-refractivity contribution is 0.353. The van der Waals surface area contributed by atoms with Gasteiger partial charge in [-0.3, -0.25) is 0 Å². The molecule has 2 unspecified atom stereocenters. The van der Waals surface area contributed by atoms with Crippen LogP contribution in [0.2, 0.25) is 0 Å². The molecule has 1 aliphatic carbocycles. The van der Waals surface area contributed by atoms with Gasteiger partial charge in [-0.1, -0.05) is 19.8 Å². The Bertz CT molecular complexity index is 309. The number of rotatable bonds is 5. The van der Waals surface area contributed by atoms with Crippen molar-refractivity contribution >= 4 is 9.84 Å². The first-order chi connectivity index (χ1) is 7.11. The fraction of sp³-hybridized carbons (Fsp3) is 1.00. The van der Waals surface area contributed by atoms with E-state index in [0.717, 1.165) is 18.9 Å². The summed E-state index contributed by atoms with van der Waals surface area (Å²) in [5, 5.41) is 3.47. The molecule has 0 spiro atoms. The lowest BCUT2D eigenvalue weighted by Gasteiger charge is -2.23. The van der Waals surface area contributed by atoms with Gasteiger partial charge in [0.1, 0.15) is 0 Å². The van der Waals surface area contributed by atoms with E-state index < -0.39 is 9.84 Å². The minimum absolute atomic E-state index is 0.371. The van der Waals surface area contributed by atoms with Gasteiger partial charge in [0.2, 0.25) is 0 Å². The molecule has 1 heterocycles.